The van der Waals surface area contributed by atoms with Gasteiger partial charge in [0.1, 0.15) is 0 Å². The second kappa shape index (κ2) is 9.04. The summed E-state index contributed by atoms with van der Waals surface area (Å²) in [7, 11) is 0. The number of carbonyl (C=O) groups excluding carboxylic acids is 3. The first kappa shape index (κ1) is 18.7. The van der Waals surface area contributed by atoms with Gasteiger partial charge in [-0.1, -0.05) is 12.1 Å². The van der Waals surface area contributed by atoms with Gasteiger partial charge in [0.25, 0.3) is 17.7 Å². The molecule has 1 aromatic carbocycles. The van der Waals surface area contributed by atoms with Crippen LogP contribution in [0.3, 0.4) is 0 Å². The number of hydrogen-bond donors (Lipinski definition) is 3. The van der Waals surface area contributed by atoms with Crippen molar-refractivity contribution in [3.63, 3.8) is 0 Å². The standard InChI is InChI=1S/C20H17N5O3/c26-18(16-3-1-9-21-12-16)23-11-14-5-7-15(8-6-14)19(27)24-25-20(28)17-4-2-10-22-13-17/h1-10,12-13H,11H2,(H,23,26)(H,24,27)(H,25,28). The molecule has 0 saturated carbocycles. The Labute approximate surface area is 161 Å². The first-order chi connectivity index (χ1) is 13.6. The SMILES string of the molecule is O=C(NCc1ccc(C(=O)NNC(=O)c2cccnc2)cc1)c1cccnc1. The van der Waals surface area contributed by atoms with Gasteiger partial charge in [0.2, 0.25) is 0 Å². The number of benzene rings is 1. The maximum Gasteiger partial charge on any atom is 0.271 e. The number of carbonyl (C=O) groups is 3. The summed E-state index contributed by atoms with van der Waals surface area (Å²) in [5.41, 5.74) is 6.68. The zero-order chi connectivity index (χ0) is 19.8. The highest BCUT2D eigenvalue weighted by Gasteiger charge is 2.09. The van der Waals surface area contributed by atoms with Crippen molar-refractivity contribution in [3.8, 4) is 0 Å². The minimum Gasteiger partial charge on any atom is -0.348 e. The third-order valence-corrected chi connectivity index (χ3v) is 3.81. The Kier molecular flexibility index (Phi) is 6.04. The molecule has 0 radical (unpaired) electrons. The molecular formula is C20H17N5O3. The van der Waals surface area contributed by atoms with Crippen LogP contribution in [0.2, 0.25) is 0 Å². The molecule has 0 aliphatic heterocycles. The van der Waals surface area contributed by atoms with E-state index >= 15 is 0 Å². The van der Waals surface area contributed by atoms with E-state index in [9.17, 15) is 14.4 Å². The Hall–Kier alpha value is -4.07. The summed E-state index contributed by atoms with van der Waals surface area (Å²) in [6.07, 6.45) is 6.04. The topological polar surface area (TPSA) is 113 Å². The smallest absolute Gasteiger partial charge is 0.271 e. The number of nitrogens with zero attached hydrogens (tertiary/aromatic N) is 2. The van der Waals surface area contributed by atoms with Gasteiger partial charge in [-0.3, -0.25) is 35.2 Å². The Morgan fingerprint density at radius 2 is 1.21 bits per heavy atom. The highest BCUT2D eigenvalue weighted by atomic mass is 16.2. The number of hydrazine groups is 1. The van der Waals surface area contributed by atoms with Gasteiger partial charge in [0, 0.05) is 36.9 Å². The van der Waals surface area contributed by atoms with Gasteiger partial charge in [0.05, 0.1) is 11.1 Å². The van der Waals surface area contributed by atoms with E-state index < -0.39 is 11.8 Å². The predicted molar refractivity (Wildman–Crippen MR) is 101 cm³/mol. The van der Waals surface area contributed by atoms with Crippen LogP contribution in [0.4, 0.5) is 0 Å². The van der Waals surface area contributed by atoms with Crippen LogP contribution in [0.15, 0.2) is 73.3 Å². The molecule has 0 saturated heterocycles. The number of rotatable bonds is 5. The Morgan fingerprint density at radius 1 is 0.679 bits per heavy atom. The number of amides is 3. The molecular weight excluding hydrogens is 358 g/mol. The number of aromatic nitrogens is 2. The lowest BCUT2D eigenvalue weighted by Gasteiger charge is -2.08. The highest BCUT2D eigenvalue weighted by Crippen LogP contribution is 2.05. The molecule has 140 valence electrons. The van der Waals surface area contributed by atoms with E-state index in [2.05, 4.69) is 26.1 Å². The zero-order valence-corrected chi connectivity index (χ0v) is 14.8. The van der Waals surface area contributed by atoms with Gasteiger partial charge in [-0.15, -0.1) is 0 Å². The maximum absolute atomic E-state index is 12.1. The predicted octanol–water partition coefficient (Wildman–Crippen LogP) is 1.48. The lowest BCUT2D eigenvalue weighted by Crippen LogP contribution is -2.41. The molecule has 3 aromatic rings. The third kappa shape index (κ3) is 4.98. The zero-order valence-electron chi connectivity index (χ0n) is 14.8. The molecule has 0 aliphatic rings. The van der Waals surface area contributed by atoms with E-state index in [1.807, 2.05) is 0 Å². The van der Waals surface area contributed by atoms with Gasteiger partial charge in [0.15, 0.2) is 0 Å². The monoisotopic (exact) mass is 375 g/mol. The van der Waals surface area contributed by atoms with Crippen molar-refractivity contribution in [1.29, 1.82) is 0 Å². The molecule has 0 atom stereocenters. The molecule has 3 rings (SSSR count). The van der Waals surface area contributed by atoms with Crippen molar-refractivity contribution in [2.24, 2.45) is 0 Å². The van der Waals surface area contributed by atoms with E-state index in [-0.39, 0.29) is 5.91 Å². The Balaban J connectivity index is 1.50. The van der Waals surface area contributed by atoms with Crippen LogP contribution >= 0.6 is 0 Å². The molecule has 0 spiro atoms. The first-order valence-corrected chi connectivity index (χ1v) is 8.41. The minimum absolute atomic E-state index is 0.229. The van der Waals surface area contributed by atoms with Crippen molar-refractivity contribution in [2.45, 2.75) is 6.54 Å². The van der Waals surface area contributed by atoms with Crippen molar-refractivity contribution in [3.05, 3.63) is 95.6 Å². The molecule has 2 aromatic heterocycles. The van der Waals surface area contributed by atoms with Crippen LogP contribution in [-0.4, -0.2) is 27.7 Å². The minimum atomic E-state index is -0.462. The average Bonchev–Trinajstić information content (AvgIpc) is 2.77. The van der Waals surface area contributed by atoms with Gasteiger partial charge in [-0.25, -0.2) is 0 Å². The number of nitrogens with one attached hydrogen (secondary N) is 3. The van der Waals surface area contributed by atoms with Gasteiger partial charge >= 0.3 is 0 Å². The third-order valence-electron chi connectivity index (χ3n) is 3.81. The van der Waals surface area contributed by atoms with E-state index in [0.717, 1.165) is 5.56 Å². The quantitative estimate of drug-likeness (QED) is 0.585. The number of hydrogen-bond acceptors (Lipinski definition) is 5. The molecule has 8 heteroatoms. The highest BCUT2D eigenvalue weighted by molar-refractivity contribution is 5.99. The molecule has 0 fully saturated rings. The van der Waals surface area contributed by atoms with Crippen LogP contribution in [0.25, 0.3) is 0 Å². The van der Waals surface area contributed by atoms with E-state index in [4.69, 9.17) is 0 Å². The lowest BCUT2D eigenvalue weighted by atomic mass is 10.1. The summed E-state index contributed by atoms with van der Waals surface area (Å²) in [5, 5.41) is 2.78. The lowest BCUT2D eigenvalue weighted by molar-refractivity contribution is 0.0846. The summed E-state index contributed by atoms with van der Waals surface area (Å²) < 4.78 is 0. The van der Waals surface area contributed by atoms with Crippen molar-refractivity contribution >= 4 is 17.7 Å². The molecule has 0 unspecified atom stereocenters. The van der Waals surface area contributed by atoms with Crippen molar-refractivity contribution < 1.29 is 14.4 Å². The molecule has 3 amide bonds. The molecule has 8 nitrogen and oxygen atoms in total. The van der Waals surface area contributed by atoms with Crippen molar-refractivity contribution in [1.82, 2.24) is 26.1 Å². The largest absolute Gasteiger partial charge is 0.348 e. The summed E-state index contributed by atoms with van der Waals surface area (Å²) in [6, 6.07) is 13.2. The van der Waals surface area contributed by atoms with Gasteiger partial charge in [-0.2, -0.15) is 0 Å². The van der Waals surface area contributed by atoms with Crippen LogP contribution < -0.4 is 16.2 Å². The Bertz CT molecular complexity index is 960. The van der Waals surface area contributed by atoms with E-state index in [0.29, 0.717) is 23.2 Å². The molecule has 2 heterocycles. The summed E-state index contributed by atoms with van der Waals surface area (Å²) in [5.74, 6) is -1.15. The van der Waals surface area contributed by atoms with Crippen LogP contribution in [0.1, 0.15) is 36.6 Å². The Morgan fingerprint density at radius 3 is 1.75 bits per heavy atom. The van der Waals surface area contributed by atoms with Crippen LogP contribution in [0.5, 0.6) is 0 Å². The van der Waals surface area contributed by atoms with Gasteiger partial charge in [-0.05, 0) is 42.0 Å². The van der Waals surface area contributed by atoms with Gasteiger partial charge < -0.3 is 5.32 Å². The maximum atomic E-state index is 12.1. The van der Waals surface area contributed by atoms with Crippen LogP contribution in [-0.2, 0) is 6.54 Å². The second-order valence-corrected chi connectivity index (χ2v) is 5.77. The fourth-order valence-corrected chi connectivity index (χ4v) is 2.31. The normalized spacial score (nSPS) is 10.0. The fourth-order valence-electron chi connectivity index (χ4n) is 2.31. The summed E-state index contributed by atoms with van der Waals surface area (Å²) in [4.78, 5) is 43.8. The average molecular weight is 375 g/mol. The van der Waals surface area contributed by atoms with E-state index in [1.54, 1.807) is 60.9 Å². The van der Waals surface area contributed by atoms with Crippen LogP contribution in [0, 0.1) is 0 Å². The molecule has 0 aliphatic carbocycles. The first-order valence-electron chi connectivity index (χ1n) is 8.41. The fraction of sp³-hybridized carbons (Fsp3) is 0.0500. The number of pyridine rings is 2. The van der Waals surface area contributed by atoms with Crippen molar-refractivity contribution in [2.75, 3.05) is 0 Å². The molecule has 3 N–H and O–H groups in total. The van der Waals surface area contributed by atoms with E-state index in [1.165, 1.54) is 12.4 Å². The summed E-state index contributed by atoms with van der Waals surface area (Å²) >= 11 is 0. The second-order valence-electron chi connectivity index (χ2n) is 5.77. The summed E-state index contributed by atoms with van der Waals surface area (Å²) in [6.45, 7) is 0.313. The molecule has 0 bridgehead atoms. The molecule has 28 heavy (non-hydrogen) atoms.